The fourth-order valence-electron chi connectivity index (χ4n) is 1.23. The molecule has 0 radical (unpaired) electrons. The second-order valence-electron chi connectivity index (χ2n) is 6.02. The molecule has 2 unspecified atom stereocenters. The normalized spacial score (nSPS) is 17.5. The number of aliphatic hydroxyl groups is 1. The summed E-state index contributed by atoms with van der Waals surface area (Å²) < 4.78 is 43.0. The van der Waals surface area contributed by atoms with Crippen molar-refractivity contribution in [2.75, 3.05) is 0 Å². The quantitative estimate of drug-likeness (QED) is 0.636. The zero-order valence-electron chi connectivity index (χ0n) is 11.9. The molecule has 3 nitrogen and oxygen atoms in total. The van der Waals surface area contributed by atoms with Gasteiger partial charge in [0, 0.05) is 12.0 Å². The summed E-state index contributed by atoms with van der Waals surface area (Å²) in [5, 5.41) is 9.50. The van der Waals surface area contributed by atoms with Gasteiger partial charge in [-0.3, -0.25) is 0 Å². The molecular weight excluding hydrogens is 261 g/mol. The second kappa shape index (κ2) is 5.53. The molecule has 112 valence electrons. The number of rotatable bonds is 4. The maximum Gasteiger partial charge on any atom is 0.417 e. The largest absolute Gasteiger partial charge is 0.458 e. The highest BCUT2D eigenvalue weighted by Crippen LogP contribution is 2.38. The molecule has 2 atom stereocenters. The van der Waals surface area contributed by atoms with E-state index in [4.69, 9.17) is 4.74 Å². The molecule has 0 aliphatic rings. The van der Waals surface area contributed by atoms with E-state index in [0.29, 0.717) is 6.92 Å². The van der Waals surface area contributed by atoms with Gasteiger partial charge in [0.2, 0.25) is 0 Å². The minimum absolute atomic E-state index is 0.0981. The van der Waals surface area contributed by atoms with Crippen LogP contribution in [-0.4, -0.2) is 29.0 Å². The molecule has 0 heterocycles. The molecule has 6 heteroatoms. The van der Waals surface area contributed by atoms with Gasteiger partial charge in [-0.05, 0) is 19.3 Å². The molecule has 0 saturated carbocycles. The second-order valence-corrected chi connectivity index (χ2v) is 6.02. The molecule has 19 heavy (non-hydrogen) atoms. The van der Waals surface area contributed by atoms with E-state index in [2.05, 4.69) is 6.58 Å². The molecule has 0 aliphatic carbocycles. The molecule has 0 saturated heterocycles. The summed E-state index contributed by atoms with van der Waals surface area (Å²) >= 11 is 0. The number of hydrogen-bond acceptors (Lipinski definition) is 3. The highest BCUT2D eigenvalue weighted by molar-refractivity contribution is 5.87. The lowest BCUT2D eigenvalue weighted by Gasteiger charge is -2.36. The van der Waals surface area contributed by atoms with Crippen molar-refractivity contribution < 1.29 is 27.8 Å². The first-order valence-electron chi connectivity index (χ1n) is 5.84. The molecule has 0 aliphatic heterocycles. The van der Waals surface area contributed by atoms with Crippen molar-refractivity contribution in [1.29, 1.82) is 0 Å². The van der Waals surface area contributed by atoms with E-state index < -0.39 is 35.7 Å². The van der Waals surface area contributed by atoms with Crippen LogP contribution in [0.5, 0.6) is 0 Å². The van der Waals surface area contributed by atoms with E-state index in [-0.39, 0.29) is 5.57 Å². The van der Waals surface area contributed by atoms with Crippen LogP contribution in [0.1, 0.15) is 41.0 Å². The lowest BCUT2D eigenvalue weighted by atomic mass is 9.82. The lowest BCUT2D eigenvalue weighted by molar-refractivity contribution is -0.264. The smallest absolute Gasteiger partial charge is 0.417 e. The molecule has 0 fully saturated rings. The van der Waals surface area contributed by atoms with E-state index in [0.717, 1.165) is 0 Å². The Morgan fingerprint density at radius 3 is 1.95 bits per heavy atom. The number of hydrogen-bond donors (Lipinski definition) is 1. The average Bonchev–Trinajstić information content (AvgIpc) is 2.12. The third-order valence-electron chi connectivity index (χ3n) is 2.76. The van der Waals surface area contributed by atoms with Crippen molar-refractivity contribution in [3.05, 3.63) is 12.2 Å². The Hall–Kier alpha value is -1.04. The Kier molecular flexibility index (Phi) is 5.22. The van der Waals surface area contributed by atoms with Crippen LogP contribution in [0.3, 0.4) is 0 Å². The number of halogens is 3. The van der Waals surface area contributed by atoms with Crippen molar-refractivity contribution in [3.8, 4) is 0 Å². The Bertz CT molecular complexity index is 351. The zero-order chi connectivity index (χ0) is 15.6. The van der Waals surface area contributed by atoms with E-state index in [1.165, 1.54) is 6.92 Å². The Labute approximate surface area is 111 Å². The van der Waals surface area contributed by atoms with Crippen molar-refractivity contribution in [2.24, 2.45) is 5.41 Å². The zero-order valence-corrected chi connectivity index (χ0v) is 11.9. The Morgan fingerprint density at radius 1 is 1.26 bits per heavy atom. The standard InChI is InChI=1S/C13H21F3O3/c1-8(2)10(17)19-9(11(3,4)5)7-12(6,18)13(14,15)16/h9,18H,1,7H2,2-6H3. The van der Waals surface area contributed by atoms with Crippen LogP contribution in [-0.2, 0) is 9.53 Å². The van der Waals surface area contributed by atoms with E-state index in [1.54, 1.807) is 20.8 Å². The van der Waals surface area contributed by atoms with E-state index >= 15 is 0 Å². The van der Waals surface area contributed by atoms with Gasteiger partial charge in [0.05, 0.1) is 0 Å². The van der Waals surface area contributed by atoms with Gasteiger partial charge in [0.25, 0.3) is 0 Å². The van der Waals surface area contributed by atoms with Gasteiger partial charge in [-0.1, -0.05) is 27.4 Å². The number of esters is 1. The first-order chi connectivity index (χ1) is 8.18. The number of carbonyl (C=O) groups is 1. The van der Waals surface area contributed by atoms with E-state index in [1.807, 2.05) is 0 Å². The summed E-state index contributed by atoms with van der Waals surface area (Å²) in [6.45, 7) is 10.4. The van der Waals surface area contributed by atoms with Crippen molar-refractivity contribution in [2.45, 2.75) is 58.9 Å². The molecule has 0 aromatic carbocycles. The van der Waals surface area contributed by atoms with Crippen molar-refractivity contribution >= 4 is 5.97 Å². The predicted octanol–water partition coefficient (Wildman–Crippen LogP) is 3.22. The van der Waals surface area contributed by atoms with Crippen LogP contribution < -0.4 is 0 Å². The molecule has 1 N–H and O–H groups in total. The highest BCUT2D eigenvalue weighted by Gasteiger charge is 2.52. The fourth-order valence-corrected chi connectivity index (χ4v) is 1.23. The summed E-state index contributed by atoms with van der Waals surface area (Å²) in [7, 11) is 0. The minimum Gasteiger partial charge on any atom is -0.458 e. The average molecular weight is 282 g/mol. The first kappa shape index (κ1) is 18.0. The van der Waals surface area contributed by atoms with Gasteiger partial charge in [0.1, 0.15) is 6.10 Å². The molecular formula is C13H21F3O3. The first-order valence-corrected chi connectivity index (χ1v) is 5.84. The fraction of sp³-hybridized carbons (Fsp3) is 0.769. The van der Waals surface area contributed by atoms with Crippen LogP contribution in [0.15, 0.2) is 12.2 Å². The van der Waals surface area contributed by atoms with Gasteiger partial charge in [0.15, 0.2) is 5.60 Å². The topological polar surface area (TPSA) is 46.5 Å². The number of ether oxygens (including phenoxy) is 1. The van der Waals surface area contributed by atoms with Gasteiger partial charge in [-0.2, -0.15) is 13.2 Å². The van der Waals surface area contributed by atoms with Gasteiger partial charge in [-0.25, -0.2) is 4.79 Å². The maximum atomic E-state index is 12.7. The molecule has 0 bridgehead atoms. The summed E-state index contributed by atoms with van der Waals surface area (Å²) in [6, 6.07) is 0. The van der Waals surface area contributed by atoms with Crippen LogP contribution in [0, 0.1) is 5.41 Å². The number of carbonyl (C=O) groups excluding carboxylic acids is 1. The van der Waals surface area contributed by atoms with Crippen LogP contribution in [0.4, 0.5) is 13.2 Å². The summed E-state index contributed by atoms with van der Waals surface area (Å²) in [6.07, 6.45) is -6.58. The van der Waals surface area contributed by atoms with Gasteiger partial charge < -0.3 is 9.84 Å². The molecule has 0 spiro atoms. The maximum absolute atomic E-state index is 12.7. The van der Waals surface area contributed by atoms with Crippen LogP contribution in [0.25, 0.3) is 0 Å². The molecule has 0 rings (SSSR count). The SMILES string of the molecule is C=C(C)C(=O)OC(CC(C)(O)C(F)(F)F)C(C)(C)C. The summed E-state index contributed by atoms with van der Waals surface area (Å²) in [5.41, 5.74) is -3.55. The molecule has 0 amide bonds. The van der Waals surface area contributed by atoms with Gasteiger partial charge in [-0.15, -0.1) is 0 Å². The minimum atomic E-state index is -4.79. The third-order valence-corrected chi connectivity index (χ3v) is 2.76. The summed E-state index contributed by atoms with van der Waals surface area (Å²) in [5.74, 6) is -0.766. The summed E-state index contributed by atoms with van der Waals surface area (Å²) in [4.78, 5) is 11.5. The molecule has 0 aromatic heterocycles. The van der Waals surface area contributed by atoms with Crippen LogP contribution >= 0.6 is 0 Å². The van der Waals surface area contributed by atoms with Gasteiger partial charge >= 0.3 is 12.1 Å². The Morgan fingerprint density at radius 2 is 1.68 bits per heavy atom. The number of alkyl halides is 3. The third kappa shape index (κ3) is 5.22. The predicted molar refractivity (Wildman–Crippen MR) is 65.4 cm³/mol. The van der Waals surface area contributed by atoms with Crippen LogP contribution in [0.2, 0.25) is 0 Å². The molecule has 0 aromatic rings. The van der Waals surface area contributed by atoms with Crippen molar-refractivity contribution in [1.82, 2.24) is 0 Å². The monoisotopic (exact) mass is 282 g/mol. The lowest BCUT2D eigenvalue weighted by Crippen LogP contribution is -2.48. The van der Waals surface area contributed by atoms with E-state index in [9.17, 15) is 23.1 Å². The van der Waals surface area contributed by atoms with Crippen molar-refractivity contribution in [3.63, 3.8) is 0 Å². The Balaban J connectivity index is 5.11. The highest BCUT2D eigenvalue weighted by atomic mass is 19.4.